The molecule has 1 fully saturated rings. The summed E-state index contributed by atoms with van der Waals surface area (Å²) in [6, 6.07) is -0.531. The molecule has 3 N–H and O–H groups in total. The highest BCUT2D eigenvalue weighted by molar-refractivity contribution is 5.78. The van der Waals surface area contributed by atoms with E-state index in [1.165, 1.54) is 0 Å². The largest absolute Gasteiger partial charge is 0.481 e. The summed E-state index contributed by atoms with van der Waals surface area (Å²) in [7, 11) is 0. The average molecular weight is 144 g/mol. The second-order valence-electron chi connectivity index (χ2n) is 2.15. The zero-order valence-electron chi connectivity index (χ0n) is 5.26. The molecular weight excluding hydrogens is 136 g/mol. The molecule has 0 aromatic carbocycles. The number of hydrogen-bond donors (Lipinski definition) is 3. The second-order valence-corrected chi connectivity index (χ2v) is 2.15. The first-order chi connectivity index (χ1) is 4.68. The lowest BCUT2D eigenvalue weighted by molar-refractivity contribution is -0.137. The Morgan fingerprint density at radius 2 is 2.50 bits per heavy atom. The molecule has 1 unspecified atom stereocenters. The minimum atomic E-state index is -0.894. The van der Waals surface area contributed by atoms with Gasteiger partial charge in [0.15, 0.2) is 0 Å². The van der Waals surface area contributed by atoms with E-state index in [2.05, 4.69) is 10.6 Å². The van der Waals surface area contributed by atoms with E-state index < -0.39 is 5.97 Å². The molecule has 0 bridgehead atoms. The SMILES string of the molecule is O=C(O)CC1CNC(=O)N1. The molecule has 1 rings (SSSR count). The van der Waals surface area contributed by atoms with Gasteiger partial charge in [0.05, 0.1) is 12.5 Å². The van der Waals surface area contributed by atoms with Crippen molar-refractivity contribution in [2.45, 2.75) is 12.5 Å². The van der Waals surface area contributed by atoms with Crippen LogP contribution in [0.25, 0.3) is 0 Å². The van der Waals surface area contributed by atoms with E-state index in [0.717, 1.165) is 0 Å². The molecule has 1 aliphatic heterocycles. The molecule has 1 saturated heterocycles. The lowest BCUT2D eigenvalue weighted by Gasteiger charge is -2.01. The van der Waals surface area contributed by atoms with Gasteiger partial charge in [-0.2, -0.15) is 0 Å². The first-order valence-corrected chi connectivity index (χ1v) is 2.94. The molecule has 5 heteroatoms. The van der Waals surface area contributed by atoms with Crippen LogP contribution in [0.1, 0.15) is 6.42 Å². The molecule has 2 amide bonds. The van der Waals surface area contributed by atoms with Gasteiger partial charge in [0.2, 0.25) is 0 Å². The maximum atomic E-state index is 10.4. The van der Waals surface area contributed by atoms with Crippen molar-refractivity contribution >= 4 is 12.0 Å². The lowest BCUT2D eigenvalue weighted by Crippen LogP contribution is -2.28. The van der Waals surface area contributed by atoms with Gasteiger partial charge in [-0.15, -0.1) is 0 Å². The Labute approximate surface area is 57.4 Å². The van der Waals surface area contributed by atoms with Crippen molar-refractivity contribution in [3.63, 3.8) is 0 Å². The highest BCUT2D eigenvalue weighted by Crippen LogP contribution is 1.95. The zero-order valence-corrected chi connectivity index (χ0v) is 5.26. The number of carbonyl (C=O) groups excluding carboxylic acids is 1. The number of hydrogen-bond acceptors (Lipinski definition) is 2. The van der Waals surface area contributed by atoms with Gasteiger partial charge in [-0.3, -0.25) is 4.79 Å². The van der Waals surface area contributed by atoms with Crippen LogP contribution in [-0.4, -0.2) is 29.7 Å². The van der Waals surface area contributed by atoms with Crippen LogP contribution in [0.15, 0.2) is 0 Å². The Bertz CT molecular complexity index is 168. The smallest absolute Gasteiger partial charge is 0.315 e. The summed E-state index contributed by atoms with van der Waals surface area (Å²) in [4.78, 5) is 20.5. The summed E-state index contributed by atoms with van der Waals surface area (Å²) in [6.45, 7) is 0.408. The second kappa shape index (κ2) is 2.55. The highest BCUT2D eigenvalue weighted by Gasteiger charge is 2.21. The van der Waals surface area contributed by atoms with Crippen LogP contribution < -0.4 is 10.6 Å². The predicted molar refractivity (Wildman–Crippen MR) is 32.6 cm³/mol. The van der Waals surface area contributed by atoms with Crippen molar-refractivity contribution in [2.75, 3.05) is 6.54 Å². The van der Waals surface area contributed by atoms with Crippen molar-refractivity contribution in [2.24, 2.45) is 0 Å². The summed E-state index contributed by atoms with van der Waals surface area (Å²) >= 11 is 0. The first-order valence-electron chi connectivity index (χ1n) is 2.94. The quantitative estimate of drug-likeness (QED) is 0.472. The van der Waals surface area contributed by atoms with Gasteiger partial charge in [0.25, 0.3) is 0 Å². The molecule has 0 spiro atoms. The van der Waals surface area contributed by atoms with Crippen LogP contribution in [0.2, 0.25) is 0 Å². The van der Waals surface area contributed by atoms with Gasteiger partial charge < -0.3 is 15.7 Å². The number of urea groups is 1. The molecule has 0 aliphatic carbocycles. The summed E-state index contributed by atoms with van der Waals surface area (Å²) in [5.74, 6) is -0.894. The average Bonchev–Trinajstić information content (AvgIpc) is 2.13. The predicted octanol–water partition coefficient (Wildman–Crippen LogP) is -0.858. The molecule has 10 heavy (non-hydrogen) atoms. The van der Waals surface area contributed by atoms with Crippen LogP contribution >= 0.6 is 0 Å². The normalized spacial score (nSPS) is 23.6. The summed E-state index contributed by atoms with van der Waals surface area (Å²) in [5.41, 5.74) is 0. The Balaban J connectivity index is 2.31. The van der Waals surface area contributed by atoms with Gasteiger partial charge in [-0.25, -0.2) is 4.79 Å². The Morgan fingerprint density at radius 3 is 2.90 bits per heavy atom. The molecule has 1 aliphatic rings. The topological polar surface area (TPSA) is 78.4 Å². The Morgan fingerprint density at radius 1 is 1.80 bits per heavy atom. The van der Waals surface area contributed by atoms with Gasteiger partial charge in [0, 0.05) is 6.54 Å². The third-order valence-electron chi connectivity index (χ3n) is 1.27. The fraction of sp³-hybridized carbons (Fsp3) is 0.600. The molecule has 5 nitrogen and oxygen atoms in total. The van der Waals surface area contributed by atoms with Crippen molar-refractivity contribution in [3.05, 3.63) is 0 Å². The number of amides is 2. The van der Waals surface area contributed by atoms with Crippen molar-refractivity contribution in [3.8, 4) is 0 Å². The van der Waals surface area contributed by atoms with E-state index in [9.17, 15) is 9.59 Å². The van der Waals surface area contributed by atoms with Crippen LogP contribution in [-0.2, 0) is 4.79 Å². The highest BCUT2D eigenvalue weighted by atomic mass is 16.4. The molecule has 0 radical (unpaired) electrons. The summed E-state index contributed by atoms with van der Waals surface area (Å²) in [6.07, 6.45) is -0.0151. The molecule has 0 aromatic heterocycles. The van der Waals surface area contributed by atoms with Crippen LogP contribution in [0.5, 0.6) is 0 Å². The summed E-state index contributed by atoms with van der Waals surface area (Å²) < 4.78 is 0. The monoisotopic (exact) mass is 144 g/mol. The van der Waals surface area contributed by atoms with E-state index in [1.807, 2.05) is 0 Å². The molecule has 1 atom stereocenters. The van der Waals surface area contributed by atoms with Gasteiger partial charge in [0.1, 0.15) is 0 Å². The first kappa shape index (κ1) is 6.85. The molecule has 0 aromatic rings. The van der Waals surface area contributed by atoms with E-state index in [-0.39, 0.29) is 18.5 Å². The van der Waals surface area contributed by atoms with E-state index in [0.29, 0.717) is 6.54 Å². The molecule has 56 valence electrons. The minimum absolute atomic E-state index is 0.0151. The van der Waals surface area contributed by atoms with Crippen molar-refractivity contribution in [1.82, 2.24) is 10.6 Å². The maximum absolute atomic E-state index is 10.4. The van der Waals surface area contributed by atoms with Crippen LogP contribution in [0.3, 0.4) is 0 Å². The van der Waals surface area contributed by atoms with Crippen molar-refractivity contribution in [1.29, 1.82) is 0 Å². The minimum Gasteiger partial charge on any atom is -0.481 e. The van der Waals surface area contributed by atoms with Gasteiger partial charge >= 0.3 is 12.0 Å². The standard InChI is InChI=1S/C5H8N2O3/c8-4(9)1-3-2-6-5(10)7-3/h3H,1-2H2,(H,8,9)(H2,6,7,10). The van der Waals surface area contributed by atoms with Gasteiger partial charge in [-0.1, -0.05) is 0 Å². The van der Waals surface area contributed by atoms with Crippen LogP contribution in [0, 0.1) is 0 Å². The number of carboxylic acids is 1. The number of nitrogens with one attached hydrogen (secondary N) is 2. The number of carboxylic acid groups (broad SMARTS) is 1. The number of carbonyl (C=O) groups is 2. The number of rotatable bonds is 2. The third-order valence-corrected chi connectivity index (χ3v) is 1.27. The van der Waals surface area contributed by atoms with E-state index in [1.54, 1.807) is 0 Å². The zero-order chi connectivity index (χ0) is 7.56. The summed E-state index contributed by atoms with van der Waals surface area (Å²) in [5, 5.41) is 13.2. The van der Waals surface area contributed by atoms with E-state index in [4.69, 9.17) is 5.11 Å². The fourth-order valence-corrected chi connectivity index (χ4v) is 0.837. The number of aliphatic carboxylic acids is 1. The van der Waals surface area contributed by atoms with E-state index >= 15 is 0 Å². The fourth-order valence-electron chi connectivity index (χ4n) is 0.837. The van der Waals surface area contributed by atoms with Crippen molar-refractivity contribution < 1.29 is 14.7 Å². The Hall–Kier alpha value is -1.26. The third kappa shape index (κ3) is 1.61. The maximum Gasteiger partial charge on any atom is 0.315 e. The molecule has 0 saturated carbocycles. The lowest BCUT2D eigenvalue weighted by atomic mass is 10.2. The molecular formula is C5H8N2O3. The van der Waals surface area contributed by atoms with Crippen LogP contribution in [0.4, 0.5) is 4.79 Å². The Kier molecular flexibility index (Phi) is 1.75. The van der Waals surface area contributed by atoms with Gasteiger partial charge in [-0.05, 0) is 0 Å². The molecule has 1 heterocycles.